The van der Waals surface area contributed by atoms with Gasteiger partial charge in [-0.05, 0) is 32.2 Å². The van der Waals surface area contributed by atoms with Gasteiger partial charge in [0.05, 0.1) is 5.75 Å². The molecular formula is C16H27N5OS. The first kappa shape index (κ1) is 16.8. The van der Waals surface area contributed by atoms with Crippen LogP contribution >= 0.6 is 11.8 Å². The number of hydrogen-bond acceptors (Lipinski definition) is 5. The van der Waals surface area contributed by atoms with Crippen LogP contribution in [-0.2, 0) is 11.8 Å². The van der Waals surface area contributed by atoms with Crippen LogP contribution in [-0.4, -0.2) is 45.6 Å². The van der Waals surface area contributed by atoms with Gasteiger partial charge in [0.25, 0.3) is 0 Å². The molecule has 1 atom stereocenters. The van der Waals surface area contributed by atoms with Crippen LogP contribution in [0.4, 0.5) is 0 Å². The normalized spacial score (nSPS) is 22.9. The lowest BCUT2D eigenvalue weighted by molar-refractivity contribution is -0.119. The zero-order valence-electron chi connectivity index (χ0n) is 13.9. The predicted molar refractivity (Wildman–Crippen MR) is 91.6 cm³/mol. The van der Waals surface area contributed by atoms with Gasteiger partial charge in [-0.15, -0.1) is 10.2 Å². The van der Waals surface area contributed by atoms with Crippen molar-refractivity contribution in [3.05, 3.63) is 5.82 Å². The molecule has 2 N–H and O–H groups in total. The first-order chi connectivity index (χ1) is 11.2. The van der Waals surface area contributed by atoms with Crippen molar-refractivity contribution < 1.29 is 4.79 Å². The topological polar surface area (TPSA) is 71.8 Å². The van der Waals surface area contributed by atoms with E-state index < -0.39 is 0 Å². The van der Waals surface area contributed by atoms with Gasteiger partial charge in [0, 0.05) is 25.6 Å². The van der Waals surface area contributed by atoms with E-state index in [0.29, 0.717) is 17.7 Å². The molecule has 1 saturated heterocycles. The number of amides is 1. The molecule has 7 heteroatoms. The standard InChI is InChI=1S/C16H27N5OS/c1-21-15(12-6-5-9-17-10-12)19-20-16(21)23-11-14(22)18-13-7-3-2-4-8-13/h12-13,17H,2-11H2,1H3,(H,18,22)/t12-/m1/s1. The van der Waals surface area contributed by atoms with Gasteiger partial charge in [-0.25, -0.2) is 0 Å². The van der Waals surface area contributed by atoms with Crippen LogP contribution in [0.5, 0.6) is 0 Å². The Morgan fingerprint density at radius 1 is 1.26 bits per heavy atom. The number of aromatic nitrogens is 3. The van der Waals surface area contributed by atoms with Gasteiger partial charge in [0.2, 0.25) is 5.91 Å². The predicted octanol–water partition coefficient (Wildman–Crippen LogP) is 1.82. The summed E-state index contributed by atoms with van der Waals surface area (Å²) in [4.78, 5) is 12.1. The Kier molecular flexibility index (Phi) is 5.94. The lowest BCUT2D eigenvalue weighted by atomic mass is 9.95. The molecule has 1 aromatic rings. The molecule has 0 spiro atoms. The average molecular weight is 337 g/mol. The second-order valence-corrected chi connectivity index (χ2v) is 7.58. The fraction of sp³-hybridized carbons (Fsp3) is 0.812. The number of nitrogens with one attached hydrogen (secondary N) is 2. The molecule has 0 aromatic carbocycles. The molecule has 6 nitrogen and oxygen atoms in total. The molecule has 0 unspecified atom stereocenters. The molecule has 1 aromatic heterocycles. The smallest absolute Gasteiger partial charge is 0.230 e. The van der Waals surface area contributed by atoms with Crippen molar-refractivity contribution in [3.63, 3.8) is 0 Å². The van der Waals surface area contributed by atoms with Crippen molar-refractivity contribution in [3.8, 4) is 0 Å². The van der Waals surface area contributed by atoms with Gasteiger partial charge in [-0.3, -0.25) is 4.79 Å². The third kappa shape index (κ3) is 4.47. The van der Waals surface area contributed by atoms with Crippen LogP contribution in [0.2, 0.25) is 0 Å². The van der Waals surface area contributed by atoms with Gasteiger partial charge < -0.3 is 15.2 Å². The lowest BCUT2D eigenvalue weighted by Gasteiger charge is -2.22. The van der Waals surface area contributed by atoms with Crippen molar-refractivity contribution in [2.45, 2.75) is 62.1 Å². The van der Waals surface area contributed by atoms with Crippen molar-refractivity contribution >= 4 is 17.7 Å². The summed E-state index contributed by atoms with van der Waals surface area (Å²) in [6.07, 6.45) is 8.37. The minimum absolute atomic E-state index is 0.116. The van der Waals surface area contributed by atoms with E-state index in [4.69, 9.17) is 0 Å². The summed E-state index contributed by atoms with van der Waals surface area (Å²) in [5.74, 6) is 2.01. The zero-order valence-corrected chi connectivity index (χ0v) is 14.7. The number of piperidine rings is 1. The first-order valence-electron chi connectivity index (χ1n) is 8.76. The van der Waals surface area contributed by atoms with Crippen LogP contribution in [0.1, 0.15) is 56.7 Å². The quantitative estimate of drug-likeness (QED) is 0.802. The zero-order chi connectivity index (χ0) is 16.1. The minimum Gasteiger partial charge on any atom is -0.353 e. The fourth-order valence-corrected chi connectivity index (χ4v) is 4.26. The fourth-order valence-electron chi connectivity index (χ4n) is 3.53. The molecule has 0 radical (unpaired) electrons. The highest BCUT2D eigenvalue weighted by Gasteiger charge is 2.22. The van der Waals surface area contributed by atoms with E-state index in [0.717, 1.165) is 43.3 Å². The van der Waals surface area contributed by atoms with Crippen LogP contribution < -0.4 is 10.6 Å². The van der Waals surface area contributed by atoms with Gasteiger partial charge in [0.1, 0.15) is 5.82 Å². The Hall–Kier alpha value is -1.08. The molecular weight excluding hydrogens is 310 g/mol. The van der Waals surface area contributed by atoms with E-state index in [1.165, 1.54) is 37.4 Å². The molecule has 23 heavy (non-hydrogen) atoms. The number of carbonyl (C=O) groups is 1. The van der Waals surface area contributed by atoms with E-state index in [1.807, 2.05) is 7.05 Å². The van der Waals surface area contributed by atoms with E-state index >= 15 is 0 Å². The molecule has 1 amide bonds. The van der Waals surface area contributed by atoms with Crippen molar-refractivity contribution in [2.75, 3.05) is 18.8 Å². The van der Waals surface area contributed by atoms with Crippen LogP contribution in [0.3, 0.4) is 0 Å². The monoisotopic (exact) mass is 337 g/mol. The van der Waals surface area contributed by atoms with E-state index in [9.17, 15) is 4.79 Å². The molecule has 3 rings (SSSR count). The maximum Gasteiger partial charge on any atom is 0.230 e. The number of thioether (sulfide) groups is 1. The Bertz CT molecular complexity index is 521. The van der Waals surface area contributed by atoms with Gasteiger partial charge in [-0.1, -0.05) is 31.0 Å². The summed E-state index contributed by atoms with van der Waals surface area (Å²) in [6.45, 7) is 2.07. The van der Waals surface area contributed by atoms with Crippen LogP contribution in [0.25, 0.3) is 0 Å². The van der Waals surface area contributed by atoms with E-state index in [-0.39, 0.29) is 5.91 Å². The number of carbonyl (C=O) groups excluding carboxylic acids is 1. The molecule has 2 fully saturated rings. The van der Waals surface area contributed by atoms with Crippen molar-refractivity contribution in [1.82, 2.24) is 25.4 Å². The largest absolute Gasteiger partial charge is 0.353 e. The summed E-state index contributed by atoms with van der Waals surface area (Å²) < 4.78 is 2.05. The Morgan fingerprint density at radius 2 is 2.09 bits per heavy atom. The first-order valence-corrected chi connectivity index (χ1v) is 9.75. The van der Waals surface area contributed by atoms with Crippen LogP contribution in [0, 0.1) is 0 Å². The molecule has 128 valence electrons. The van der Waals surface area contributed by atoms with Crippen molar-refractivity contribution in [1.29, 1.82) is 0 Å². The second-order valence-electron chi connectivity index (χ2n) is 6.63. The van der Waals surface area contributed by atoms with Gasteiger partial charge in [-0.2, -0.15) is 0 Å². The number of hydrogen-bond donors (Lipinski definition) is 2. The highest BCUT2D eigenvalue weighted by molar-refractivity contribution is 7.99. The maximum absolute atomic E-state index is 12.1. The Balaban J connectivity index is 1.49. The van der Waals surface area contributed by atoms with E-state index in [2.05, 4.69) is 25.4 Å². The maximum atomic E-state index is 12.1. The minimum atomic E-state index is 0.116. The molecule has 2 aliphatic rings. The molecule has 1 aliphatic carbocycles. The molecule has 1 saturated carbocycles. The van der Waals surface area contributed by atoms with Crippen molar-refractivity contribution in [2.24, 2.45) is 7.05 Å². The Morgan fingerprint density at radius 3 is 2.83 bits per heavy atom. The SMILES string of the molecule is Cn1c(SCC(=O)NC2CCCCC2)nnc1[C@@H]1CCCNC1. The summed E-state index contributed by atoms with van der Waals surface area (Å²) in [5, 5.41) is 16.0. The average Bonchev–Trinajstić information content (AvgIpc) is 2.95. The number of rotatable bonds is 5. The summed E-state index contributed by atoms with van der Waals surface area (Å²) >= 11 is 1.49. The number of nitrogens with zero attached hydrogens (tertiary/aromatic N) is 3. The molecule has 0 bridgehead atoms. The van der Waals surface area contributed by atoms with E-state index in [1.54, 1.807) is 0 Å². The van der Waals surface area contributed by atoms with Gasteiger partial charge >= 0.3 is 0 Å². The molecule has 2 heterocycles. The van der Waals surface area contributed by atoms with Crippen LogP contribution in [0.15, 0.2) is 5.16 Å². The lowest BCUT2D eigenvalue weighted by Crippen LogP contribution is -2.37. The Labute approximate surface area is 142 Å². The summed E-state index contributed by atoms with van der Waals surface area (Å²) in [6, 6.07) is 0.375. The third-order valence-electron chi connectivity index (χ3n) is 4.83. The summed E-state index contributed by atoms with van der Waals surface area (Å²) in [5.41, 5.74) is 0. The second kappa shape index (κ2) is 8.15. The molecule has 1 aliphatic heterocycles. The highest BCUT2D eigenvalue weighted by atomic mass is 32.2. The summed E-state index contributed by atoms with van der Waals surface area (Å²) in [7, 11) is 2.01. The highest BCUT2D eigenvalue weighted by Crippen LogP contribution is 2.25. The third-order valence-corrected chi connectivity index (χ3v) is 5.85. The van der Waals surface area contributed by atoms with Gasteiger partial charge in [0.15, 0.2) is 5.16 Å².